The third-order valence-electron chi connectivity index (χ3n) is 2.98. The minimum absolute atomic E-state index is 0.204. The minimum Gasteiger partial charge on any atom is -0.385 e. The smallest absolute Gasteiger partial charge is 0.0683 e. The van der Waals surface area contributed by atoms with E-state index in [1.54, 1.807) is 0 Å². The van der Waals surface area contributed by atoms with Crippen molar-refractivity contribution in [1.29, 1.82) is 5.26 Å². The number of nitrogens with one attached hydrogen (secondary N) is 1. The van der Waals surface area contributed by atoms with Crippen LogP contribution in [0.2, 0.25) is 0 Å². The molecule has 92 valence electrons. The fourth-order valence-corrected chi connectivity index (χ4v) is 1.82. The van der Waals surface area contributed by atoms with Gasteiger partial charge in [-0.05, 0) is 52.2 Å². The molecule has 1 rings (SSSR count). The second-order valence-corrected chi connectivity index (χ2v) is 5.34. The molecule has 0 aliphatic carbocycles. The highest BCUT2D eigenvalue weighted by atomic mass is 14.9. The van der Waals surface area contributed by atoms with Crippen molar-refractivity contribution in [2.24, 2.45) is 5.41 Å². The van der Waals surface area contributed by atoms with Gasteiger partial charge in [-0.15, -0.1) is 0 Å². The van der Waals surface area contributed by atoms with Crippen LogP contribution in [-0.2, 0) is 0 Å². The Kier molecular flexibility index (Phi) is 4.57. The average molecular weight is 230 g/mol. The number of anilines is 1. The van der Waals surface area contributed by atoms with Crippen molar-refractivity contribution in [3.8, 4) is 6.07 Å². The van der Waals surface area contributed by atoms with Gasteiger partial charge in [0.15, 0.2) is 0 Å². The summed E-state index contributed by atoms with van der Waals surface area (Å²) in [7, 11) is 0. The van der Waals surface area contributed by atoms with Crippen LogP contribution in [0.5, 0.6) is 0 Å². The van der Waals surface area contributed by atoms with Crippen LogP contribution >= 0.6 is 0 Å². The average Bonchev–Trinajstić information content (AvgIpc) is 2.27. The first kappa shape index (κ1) is 13.6. The molecule has 0 spiro atoms. The van der Waals surface area contributed by atoms with Gasteiger partial charge < -0.3 is 5.32 Å². The summed E-state index contributed by atoms with van der Waals surface area (Å²) in [5.74, 6) is 0. The Morgan fingerprint density at radius 3 is 2.59 bits per heavy atom. The molecular formula is C15H22N2. The molecule has 17 heavy (non-hydrogen) atoms. The van der Waals surface area contributed by atoms with E-state index in [1.807, 2.05) is 13.8 Å². The summed E-state index contributed by atoms with van der Waals surface area (Å²) in [4.78, 5) is 0. The highest BCUT2D eigenvalue weighted by molar-refractivity contribution is 5.51. The molecule has 1 aromatic rings. The lowest BCUT2D eigenvalue weighted by Crippen LogP contribution is -2.11. The lowest BCUT2D eigenvalue weighted by Gasteiger charge is -2.15. The normalized spacial score (nSPS) is 11.0. The molecule has 0 aromatic heterocycles. The molecule has 0 heterocycles. The Hall–Kier alpha value is -1.49. The van der Waals surface area contributed by atoms with Gasteiger partial charge in [0, 0.05) is 12.2 Å². The monoisotopic (exact) mass is 230 g/mol. The summed E-state index contributed by atoms with van der Waals surface area (Å²) in [5, 5.41) is 12.3. The van der Waals surface area contributed by atoms with E-state index < -0.39 is 0 Å². The van der Waals surface area contributed by atoms with Crippen LogP contribution in [0.15, 0.2) is 18.2 Å². The molecule has 0 fully saturated rings. The zero-order chi connectivity index (χ0) is 12.9. The van der Waals surface area contributed by atoms with Crippen LogP contribution in [0.4, 0.5) is 5.69 Å². The fraction of sp³-hybridized carbons (Fsp3) is 0.533. The highest BCUT2D eigenvalue weighted by Gasteiger charge is 2.15. The summed E-state index contributed by atoms with van der Waals surface area (Å²) < 4.78 is 0. The zero-order valence-corrected chi connectivity index (χ0v) is 11.3. The van der Waals surface area contributed by atoms with Crippen LogP contribution < -0.4 is 5.32 Å². The van der Waals surface area contributed by atoms with Gasteiger partial charge in [-0.25, -0.2) is 0 Å². The summed E-state index contributed by atoms with van der Waals surface area (Å²) >= 11 is 0. The quantitative estimate of drug-likeness (QED) is 0.775. The van der Waals surface area contributed by atoms with Crippen molar-refractivity contribution in [2.75, 3.05) is 11.9 Å². The van der Waals surface area contributed by atoms with Crippen LogP contribution in [0.3, 0.4) is 0 Å². The lowest BCUT2D eigenvalue weighted by molar-refractivity contribution is 0.441. The molecule has 2 heteroatoms. The van der Waals surface area contributed by atoms with Gasteiger partial charge in [0.1, 0.15) is 0 Å². The maximum atomic E-state index is 8.91. The van der Waals surface area contributed by atoms with Gasteiger partial charge in [0.05, 0.1) is 11.5 Å². The summed E-state index contributed by atoms with van der Waals surface area (Å²) in [6.45, 7) is 9.13. The Morgan fingerprint density at radius 1 is 1.29 bits per heavy atom. The molecule has 0 saturated heterocycles. The van der Waals surface area contributed by atoms with Gasteiger partial charge in [0.2, 0.25) is 0 Å². The van der Waals surface area contributed by atoms with E-state index in [2.05, 4.69) is 43.4 Å². The van der Waals surface area contributed by atoms with E-state index in [9.17, 15) is 0 Å². The number of nitrogens with zero attached hydrogens (tertiary/aromatic N) is 1. The van der Waals surface area contributed by atoms with E-state index in [-0.39, 0.29) is 5.41 Å². The van der Waals surface area contributed by atoms with Crippen molar-refractivity contribution in [1.82, 2.24) is 0 Å². The molecule has 0 bridgehead atoms. The van der Waals surface area contributed by atoms with Crippen molar-refractivity contribution >= 4 is 5.69 Å². The molecule has 1 aromatic carbocycles. The number of benzene rings is 1. The summed E-state index contributed by atoms with van der Waals surface area (Å²) in [5.41, 5.74) is 3.57. The van der Waals surface area contributed by atoms with Crippen molar-refractivity contribution < 1.29 is 0 Å². The van der Waals surface area contributed by atoms with Crippen molar-refractivity contribution in [2.45, 2.75) is 40.5 Å². The van der Waals surface area contributed by atoms with Gasteiger partial charge in [-0.3, -0.25) is 0 Å². The minimum atomic E-state index is -0.204. The molecule has 0 amide bonds. The third kappa shape index (κ3) is 4.48. The summed E-state index contributed by atoms with van der Waals surface area (Å²) in [6, 6.07) is 8.76. The van der Waals surface area contributed by atoms with E-state index in [0.717, 1.165) is 19.4 Å². The number of nitriles is 1. The molecular weight excluding hydrogens is 208 g/mol. The topological polar surface area (TPSA) is 35.8 Å². The Labute approximate surface area is 105 Å². The molecule has 0 radical (unpaired) electrons. The van der Waals surface area contributed by atoms with E-state index >= 15 is 0 Å². The van der Waals surface area contributed by atoms with Crippen molar-refractivity contribution in [3.63, 3.8) is 0 Å². The Balaban J connectivity index is 2.39. The standard InChI is InChI=1S/C15H22N2/c1-12-6-7-14(13(2)10-12)17-9-5-8-15(3,4)11-16/h6-7,10,17H,5,8-9H2,1-4H3. The molecule has 0 saturated carbocycles. The van der Waals surface area contributed by atoms with Gasteiger partial charge in [-0.2, -0.15) is 5.26 Å². The molecule has 2 nitrogen and oxygen atoms in total. The predicted octanol–water partition coefficient (Wildman–Crippen LogP) is 4.05. The third-order valence-corrected chi connectivity index (χ3v) is 2.98. The zero-order valence-electron chi connectivity index (χ0n) is 11.3. The van der Waals surface area contributed by atoms with Gasteiger partial charge >= 0.3 is 0 Å². The maximum Gasteiger partial charge on any atom is 0.0683 e. The number of hydrogen-bond acceptors (Lipinski definition) is 2. The predicted molar refractivity (Wildman–Crippen MR) is 73.0 cm³/mol. The second kappa shape index (κ2) is 5.72. The van der Waals surface area contributed by atoms with Crippen molar-refractivity contribution in [3.05, 3.63) is 29.3 Å². The van der Waals surface area contributed by atoms with Gasteiger partial charge in [-0.1, -0.05) is 17.7 Å². The highest BCUT2D eigenvalue weighted by Crippen LogP contribution is 2.21. The van der Waals surface area contributed by atoms with Crippen LogP contribution in [0.1, 0.15) is 37.8 Å². The number of hydrogen-bond donors (Lipinski definition) is 1. The van der Waals surface area contributed by atoms with E-state index in [4.69, 9.17) is 5.26 Å². The first-order chi connectivity index (χ1) is 7.94. The molecule has 0 unspecified atom stereocenters. The number of rotatable bonds is 5. The first-order valence-electron chi connectivity index (χ1n) is 6.17. The van der Waals surface area contributed by atoms with Crippen LogP contribution in [-0.4, -0.2) is 6.54 Å². The fourth-order valence-electron chi connectivity index (χ4n) is 1.82. The number of aryl methyl sites for hydroxylation is 2. The largest absolute Gasteiger partial charge is 0.385 e. The molecule has 0 atom stereocenters. The Bertz CT molecular complexity index is 413. The molecule has 0 aliphatic heterocycles. The van der Waals surface area contributed by atoms with E-state index in [0.29, 0.717) is 0 Å². The molecule has 0 aliphatic rings. The maximum absolute atomic E-state index is 8.91. The first-order valence-corrected chi connectivity index (χ1v) is 6.17. The van der Waals surface area contributed by atoms with Crippen LogP contribution in [0, 0.1) is 30.6 Å². The van der Waals surface area contributed by atoms with E-state index in [1.165, 1.54) is 16.8 Å². The SMILES string of the molecule is Cc1ccc(NCCCC(C)(C)C#N)c(C)c1. The second-order valence-electron chi connectivity index (χ2n) is 5.34. The van der Waals surface area contributed by atoms with Gasteiger partial charge in [0.25, 0.3) is 0 Å². The molecule has 1 N–H and O–H groups in total. The van der Waals surface area contributed by atoms with Crippen LogP contribution in [0.25, 0.3) is 0 Å². The Morgan fingerprint density at radius 2 is 2.00 bits per heavy atom. The lowest BCUT2D eigenvalue weighted by atomic mass is 9.90. The summed E-state index contributed by atoms with van der Waals surface area (Å²) in [6.07, 6.45) is 1.95.